The SMILES string of the molecule is CC=CC=C(C)Oc1ccccc1O. The Labute approximate surface area is 84.1 Å². The molecule has 2 nitrogen and oxygen atoms in total. The van der Waals surface area contributed by atoms with Crippen molar-refractivity contribution in [2.45, 2.75) is 13.8 Å². The Balaban J connectivity index is 2.74. The largest absolute Gasteiger partial charge is 0.504 e. The Bertz CT molecular complexity index is 351. The fourth-order valence-electron chi connectivity index (χ4n) is 0.983. The number of hydrogen-bond acceptors (Lipinski definition) is 2. The van der Waals surface area contributed by atoms with Crippen LogP contribution in [0.3, 0.4) is 0 Å². The highest BCUT2D eigenvalue weighted by molar-refractivity contribution is 5.39. The standard InChI is InChI=1S/C12H14O2/c1-3-4-7-10(2)14-12-9-6-5-8-11(12)13/h3-9,13H,1-2H3. The van der Waals surface area contributed by atoms with E-state index in [1.807, 2.05) is 38.1 Å². The molecule has 0 radical (unpaired) electrons. The van der Waals surface area contributed by atoms with Gasteiger partial charge in [-0.1, -0.05) is 24.3 Å². The molecule has 74 valence electrons. The second-order valence-electron chi connectivity index (χ2n) is 2.87. The maximum atomic E-state index is 9.41. The van der Waals surface area contributed by atoms with Gasteiger partial charge in [0, 0.05) is 0 Å². The van der Waals surface area contributed by atoms with Crippen LogP contribution in [0, 0.1) is 0 Å². The zero-order valence-corrected chi connectivity index (χ0v) is 8.40. The molecule has 0 fully saturated rings. The van der Waals surface area contributed by atoms with Crippen LogP contribution in [0.1, 0.15) is 13.8 Å². The minimum absolute atomic E-state index is 0.153. The van der Waals surface area contributed by atoms with E-state index in [4.69, 9.17) is 4.74 Å². The summed E-state index contributed by atoms with van der Waals surface area (Å²) in [5.41, 5.74) is 0. The molecule has 1 rings (SSSR count). The lowest BCUT2D eigenvalue weighted by molar-refractivity contribution is 0.383. The first kappa shape index (κ1) is 10.4. The molecule has 0 heterocycles. The highest BCUT2D eigenvalue weighted by Gasteiger charge is 1.99. The van der Waals surface area contributed by atoms with Crippen molar-refractivity contribution < 1.29 is 9.84 Å². The van der Waals surface area contributed by atoms with Crippen molar-refractivity contribution in [1.82, 2.24) is 0 Å². The van der Waals surface area contributed by atoms with E-state index in [0.717, 1.165) is 5.76 Å². The third-order valence-electron chi connectivity index (χ3n) is 1.66. The number of rotatable bonds is 3. The van der Waals surface area contributed by atoms with Gasteiger partial charge in [0.15, 0.2) is 11.5 Å². The van der Waals surface area contributed by atoms with Crippen LogP contribution in [0.5, 0.6) is 11.5 Å². The molecule has 0 aliphatic heterocycles. The van der Waals surface area contributed by atoms with E-state index in [9.17, 15) is 5.11 Å². The molecule has 1 aromatic rings. The maximum Gasteiger partial charge on any atom is 0.168 e. The number of hydrogen-bond donors (Lipinski definition) is 1. The molecule has 0 saturated carbocycles. The molecule has 0 aliphatic carbocycles. The molecule has 0 unspecified atom stereocenters. The van der Waals surface area contributed by atoms with Crippen LogP contribution in [0.4, 0.5) is 0 Å². The van der Waals surface area contributed by atoms with Crippen LogP contribution in [0.2, 0.25) is 0 Å². The topological polar surface area (TPSA) is 29.5 Å². The molecule has 0 aromatic heterocycles. The molecular formula is C12H14O2. The maximum absolute atomic E-state index is 9.41. The summed E-state index contributed by atoms with van der Waals surface area (Å²) < 4.78 is 5.41. The van der Waals surface area contributed by atoms with Crippen LogP contribution >= 0.6 is 0 Å². The number of benzene rings is 1. The van der Waals surface area contributed by atoms with Crippen LogP contribution in [0.25, 0.3) is 0 Å². The molecule has 0 bridgehead atoms. The first-order chi connectivity index (χ1) is 6.74. The van der Waals surface area contributed by atoms with Gasteiger partial charge >= 0.3 is 0 Å². The summed E-state index contributed by atoms with van der Waals surface area (Å²) in [6.07, 6.45) is 5.64. The summed E-state index contributed by atoms with van der Waals surface area (Å²) >= 11 is 0. The molecule has 1 aromatic carbocycles. The summed E-state index contributed by atoms with van der Waals surface area (Å²) in [5, 5.41) is 9.41. The number of allylic oxidation sites excluding steroid dienone is 4. The zero-order chi connectivity index (χ0) is 10.4. The van der Waals surface area contributed by atoms with Crippen molar-refractivity contribution in [1.29, 1.82) is 0 Å². The van der Waals surface area contributed by atoms with Crippen LogP contribution in [-0.4, -0.2) is 5.11 Å². The lowest BCUT2D eigenvalue weighted by Crippen LogP contribution is -1.89. The molecule has 0 spiro atoms. The molecular weight excluding hydrogens is 176 g/mol. The molecule has 0 aliphatic rings. The molecule has 0 amide bonds. The van der Waals surface area contributed by atoms with E-state index < -0.39 is 0 Å². The van der Waals surface area contributed by atoms with Gasteiger partial charge < -0.3 is 9.84 Å². The number of aromatic hydroxyl groups is 1. The minimum Gasteiger partial charge on any atom is -0.504 e. The Kier molecular flexibility index (Phi) is 3.80. The zero-order valence-electron chi connectivity index (χ0n) is 8.40. The highest BCUT2D eigenvalue weighted by atomic mass is 16.5. The van der Waals surface area contributed by atoms with E-state index in [2.05, 4.69) is 0 Å². The second-order valence-corrected chi connectivity index (χ2v) is 2.87. The van der Waals surface area contributed by atoms with Crippen molar-refractivity contribution >= 4 is 0 Å². The van der Waals surface area contributed by atoms with Gasteiger partial charge in [0.05, 0.1) is 0 Å². The van der Waals surface area contributed by atoms with E-state index in [1.54, 1.807) is 18.2 Å². The van der Waals surface area contributed by atoms with Gasteiger partial charge in [-0.25, -0.2) is 0 Å². The summed E-state index contributed by atoms with van der Waals surface area (Å²) in [5.74, 6) is 1.37. The van der Waals surface area contributed by atoms with Gasteiger partial charge in [0.2, 0.25) is 0 Å². The quantitative estimate of drug-likeness (QED) is 0.585. The Hall–Kier alpha value is -1.70. The van der Waals surface area contributed by atoms with Gasteiger partial charge in [-0.3, -0.25) is 0 Å². The average Bonchev–Trinajstić information content (AvgIpc) is 2.18. The lowest BCUT2D eigenvalue weighted by Gasteiger charge is -2.06. The predicted octanol–water partition coefficient (Wildman–Crippen LogP) is 3.25. The van der Waals surface area contributed by atoms with Crippen molar-refractivity contribution in [3.8, 4) is 11.5 Å². The monoisotopic (exact) mass is 190 g/mol. The Morgan fingerprint density at radius 2 is 2.07 bits per heavy atom. The summed E-state index contributed by atoms with van der Waals surface area (Å²) in [4.78, 5) is 0. The Morgan fingerprint density at radius 1 is 1.36 bits per heavy atom. The fraction of sp³-hybridized carbons (Fsp3) is 0.167. The highest BCUT2D eigenvalue weighted by Crippen LogP contribution is 2.25. The number of phenolic OH excluding ortho intramolecular Hbond substituents is 1. The van der Waals surface area contributed by atoms with Gasteiger partial charge in [0.25, 0.3) is 0 Å². The first-order valence-corrected chi connectivity index (χ1v) is 4.49. The lowest BCUT2D eigenvalue weighted by atomic mass is 10.3. The van der Waals surface area contributed by atoms with Gasteiger partial charge in [-0.05, 0) is 32.1 Å². The summed E-state index contributed by atoms with van der Waals surface area (Å²) in [6.45, 7) is 3.77. The number of ether oxygens (including phenoxy) is 1. The molecule has 1 N–H and O–H groups in total. The third kappa shape index (κ3) is 2.98. The normalized spacial score (nSPS) is 12.0. The van der Waals surface area contributed by atoms with Gasteiger partial charge in [-0.2, -0.15) is 0 Å². The second kappa shape index (κ2) is 5.12. The van der Waals surface area contributed by atoms with Crippen LogP contribution in [-0.2, 0) is 0 Å². The van der Waals surface area contributed by atoms with E-state index in [0.29, 0.717) is 5.75 Å². The van der Waals surface area contributed by atoms with Crippen molar-refractivity contribution in [3.05, 3.63) is 48.3 Å². The number of para-hydroxylation sites is 2. The third-order valence-corrected chi connectivity index (χ3v) is 1.66. The fourth-order valence-corrected chi connectivity index (χ4v) is 0.983. The number of phenols is 1. The van der Waals surface area contributed by atoms with Crippen molar-refractivity contribution in [2.75, 3.05) is 0 Å². The van der Waals surface area contributed by atoms with Gasteiger partial charge in [-0.15, -0.1) is 0 Å². The molecule has 0 saturated heterocycles. The van der Waals surface area contributed by atoms with E-state index in [-0.39, 0.29) is 5.75 Å². The first-order valence-electron chi connectivity index (χ1n) is 4.49. The van der Waals surface area contributed by atoms with Crippen molar-refractivity contribution in [3.63, 3.8) is 0 Å². The van der Waals surface area contributed by atoms with Crippen LogP contribution in [0.15, 0.2) is 48.3 Å². The van der Waals surface area contributed by atoms with Gasteiger partial charge in [0.1, 0.15) is 5.76 Å². The molecule has 0 atom stereocenters. The average molecular weight is 190 g/mol. The van der Waals surface area contributed by atoms with Crippen molar-refractivity contribution in [2.24, 2.45) is 0 Å². The molecule has 2 heteroatoms. The minimum atomic E-state index is 0.153. The summed E-state index contributed by atoms with van der Waals surface area (Å²) in [7, 11) is 0. The smallest absolute Gasteiger partial charge is 0.168 e. The van der Waals surface area contributed by atoms with E-state index >= 15 is 0 Å². The Morgan fingerprint density at radius 3 is 2.71 bits per heavy atom. The molecule has 14 heavy (non-hydrogen) atoms. The predicted molar refractivity (Wildman–Crippen MR) is 57.3 cm³/mol. The summed E-state index contributed by atoms with van der Waals surface area (Å²) in [6, 6.07) is 6.89. The van der Waals surface area contributed by atoms with E-state index in [1.165, 1.54) is 0 Å². The van der Waals surface area contributed by atoms with Crippen LogP contribution < -0.4 is 4.74 Å².